The molecule has 1 atom stereocenters. The van der Waals surface area contributed by atoms with Crippen LogP contribution < -0.4 is 15.7 Å². The third-order valence-corrected chi connectivity index (χ3v) is 15.5. The smallest absolute Gasteiger partial charge is 0.387 e. The van der Waals surface area contributed by atoms with Crippen molar-refractivity contribution in [2.45, 2.75) is 72.5 Å². The van der Waals surface area contributed by atoms with Gasteiger partial charge in [-0.1, -0.05) is 19.9 Å². The van der Waals surface area contributed by atoms with Gasteiger partial charge in [-0.15, -0.1) is 0 Å². The molecule has 3 aromatic heterocycles. The van der Waals surface area contributed by atoms with E-state index in [0.717, 1.165) is 37.0 Å². The summed E-state index contributed by atoms with van der Waals surface area (Å²) < 4.78 is 72.7. The molecule has 1 amide bonds. The van der Waals surface area contributed by atoms with Crippen LogP contribution in [0.2, 0.25) is 0 Å². The number of aryl methyl sites for hydroxylation is 3. The molecule has 6 aromatic rings. The van der Waals surface area contributed by atoms with Gasteiger partial charge in [0.05, 0.1) is 28.4 Å². The molecule has 11 nitrogen and oxygen atoms in total. The molecule has 15 heteroatoms. The highest BCUT2D eigenvalue weighted by atomic mass is 31.2. The fourth-order valence-electron chi connectivity index (χ4n) is 8.87. The summed E-state index contributed by atoms with van der Waals surface area (Å²) in [7, 11) is -1.15. The second-order valence-electron chi connectivity index (χ2n) is 15.6. The molecule has 1 fully saturated rings. The van der Waals surface area contributed by atoms with E-state index in [4.69, 9.17) is 14.6 Å². The SMILES string of the molecule is CCP(=O)(CC)c1ccc(-n2ccn(-c3c4c(nn3-c3cc(C)c(F)c(C)c3)CCN(C(=O)c3cc5cc(C6CCOCC6)ccc5n3C)[C@H]4C)c2=O)cc1OC(F)F. The van der Waals surface area contributed by atoms with Gasteiger partial charge >= 0.3 is 12.3 Å². The van der Waals surface area contributed by atoms with Gasteiger partial charge in [-0.25, -0.2) is 13.9 Å². The number of aromatic nitrogens is 5. The number of ether oxygens (including phenoxy) is 2. The van der Waals surface area contributed by atoms with Crippen molar-refractivity contribution < 1.29 is 32.0 Å². The van der Waals surface area contributed by atoms with Gasteiger partial charge in [0, 0.05) is 80.5 Å². The van der Waals surface area contributed by atoms with Gasteiger partial charge in [0.2, 0.25) is 0 Å². The van der Waals surface area contributed by atoms with E-state index >= 15 is 0 Å². The number of alkyl halides is 2. The maximum atomic E-state index is 15.0. The molecule has 310 valence electrons. The Morgan fingerprint density at radius 3 is 2.34 bits per heavy atom. The van der Waals surface area contributed by atoms with Crippen molar-refractivity contribution in [2.75, 3.05) is 32.1 Å². The van der Waals surface area contributed by atoms with E-state index in [1.54, 1.807) is 61.7 Å². The first kappa shape index (κ1) is 40.4. The average Bonchev–Trinajstić information content (AvgIpc) is 3.91. The number of imidazole rings is 1. The lowest BCUT2D eigenvalue weighted by Crippen LogP contribution is -2.40. The Bertz CT molecular complexity index is 2680. The summed E-state index contributed by atoms with van der Waals surface area (Å²) in [5.41, 5.74) is 5.02. The van der Waals surface area contributed by atoms with Crippen molar-refractivity contribution >= 4 is 29.3 Å². The number of amides is 1. The number of halogens is 3. The molecule has 2 aliphatic rings. The molecule has 3 aromatic carbocycles. The summed E-state index contributed by atoms with van der Waals surface area (Å²) in [4.78, 5) is 31.0. The van der Waals surface area contributed by atoms with E-state index in [0.29, 0.717) is 58.5 Å². The van der Waals surface area contributed by atoms with E-state index in [-0.39, 0.29) is 40.8 Å². The van der Waals surface area contributed by atoms with Crippen LogP contribution in [0.5, 0.6) is 5.75 Å². The largest absolute Gasteiger partial charge is 0.434 e. The molecule has 0 saturated carbocycles. The minimum absolute atomic E-state index is 0.172. The molecule has 2 aliphatic heterocycles. The Hall–Kier alpha value is -5.33. The first-order valence-electron chi connectivity index (χ1n) is 20.1. The third-order valence-electron chi connectivity index (χ3n) is 12.3. The lowest BCUT2D eigenvalue weighted by atomic mass is 9.91. The standard InChI is InChI=1S/C44H48F3N6O5P/c1-7-59(56,8-2)38-12-10-32(25-37(38)58-43(46)47)51-17-18-52(44(51)55)41-39-28(5)50(16-13-34(39)48-53(41)33-21-26(3)40(45)27(4)22-33)42(54)36-24-31-23-30(9-11-35(31)49(36)6)29-14-19-57-20-15-29/h9-12,17-18,21-25,28-29,43H,7-8,13-16,19-20H2,1-6H3/t28-/m0/s1. The first-order chi connectivity index (χ1) is 28.2. The van der Waals surface area contributed by atoms with Crippen LogP contribution in [0.25, 0.3) is 28.1 Å². The molecule has 59 heavy (non-hydrogen) atoms. The fourth-order valence-corrected chi connectivity index (χ4v) is 10.9. The maximum Gasteiger partial charge on any atom is 0.387 e. The number of benzene rings is 3. The Labute approximate surface area is 340 Å². The van der Waals surface area contributed by atoms with Gasteiger partial charge in [-0.2, -0.15) is 13.9 Å². The molecule has 0 spiro atoms. The van der Waals surface area contributed by atoms with Crippen LogP contribution in [-0.2, 0) is 22.8 Å². The molecular weight excluding hydrogens is 780 g/mol. The van der Waals surface area contributed by atoms with Gasteiger partial charge in [-0.3, -0.25) is 13.9 Å². The number of hydrogen-bond acceptors (Lipinski definition) is 6. The number of nitrogens with zero attached hydrogens (tertiary/aromatic N) is 6. The summed E-state index contributed by atoms with van der Waals surface area (Å²) in [6, 6.07) is 15.5. The van der Waals surface area contributed by atoms with Crippen LogP contribution >= 0.6 is 7.14 Å². The highest BCUT2D eigenvalue weighted by Crippen LogP contribution is 2.47. The number of hydrogen-bond donors (Lipinski definition) is 0. The molecule has 0 unspecified atom stereocenters. The summed E-state index contributed by atoms with van der Waals surface area (Å²) >= 11 is 0. The minimum atomic E-state index is -3.17. The first-order valence-corrected chi connectivity index (χ1v) is 22.2. The topological polar surface area (TPSA) is 106 Å². The normalized spacial score (nSPS) is 16.3. The highest BCUT2D eigenvalue weighted by molar-refractivity contribution is 7.71. The van der Waals surface area contributed by atoms with Crippen LogP contribution in [-0.4, -0.2) is 73.0 Å². The molecule has 0 radical (unpaired) electrons. The third kappa shape index (κ3) is 7.03. The summed E-state index contributed by atoms with van der Waals surface area (Å²) in [5, 5.41) is 6.17. The molecule has 5 heterocycles. The molecule has 0 bridgehead atoms. The predicted molar refractivity (Wildman–Crippen MR) is 222 cm³/mol. The van der Waals surface area contributed by atoms with Crippen molar-refractivity contribution in [1.29, 1.82) is 0 Å². The van der Waals surface area contributed by atoms with Crippen molar-refractivity contribution in [3.63, 3.8) is 0 Å². The van der Waals surface area contributed by atoms with E-state index < -0.39 is 25.5 Å². The van der Waals surface area contributed by atoms with E-state index in [1.807, 2.05) is 24.6 Å². The zero-order chi connectivity index (χ0) is 41.9. The van der Waals surface area contributed by atoms with Crippen LogP contribution in [0.3, 0.4) is 0 Å². The fraction of sp³-hybridized carbons (Fsp3) is 0.386. The van der Waals surface area contributed by atoms with Gasteiger partial charge in [0.1, 0.15) is 30.2 Å². The molecule has 0 aliphatic carbocycles. The van der Waals surface area contributed by atoms with Gasteiger partial charge in [0.15, 0.2) is 0 Å². The lowest BCUT2D eigenvalue weighted by Gasteiger charge is -2.33. The summed E-state index contributed by atoms with van der Waals surface area (Å²) in [6.07, 6.45) is 5.88. The number of rotatable bonds is 10. The Kier molecular flexibility index (Phi) is 10.8. The van der Waals surface area contributed by atoms with E-state index in [2.05, 4.69) is 18.2 Å². The van der Waals surface area contributed by atoms with Gasteiger partial charge in [-0.05, 0) is 98.7 Å². The second kappa shape index (κ2) is 15.7. The monoisotopic (exact) mass is 828 g/mol. The quantitative estimate of drug-likeness (QED) is 0.129. The Morgan fingerprint density at radius 1 is 0.966 bits per heavy atom. The maximum absolute atomic E-state index is 15.0. The Balaban J connectivity index is 1.23. The zero-order valence-corrected chi connectivity index (χ0v) is 34.9. The van der Waals surface area contributed by atoms with Gasteiger partial charge < -0.3 is 23.5 Å². The average molecular weight is 829 g/mol. The summed E-state index contributed by atoms with van der Waals surface area (Å²) in [6.45, 7) is 7.38. The van der Waals surface area contributed by atoms with E-state index in [1.165, 1.54) is 33.0 Å². The van der Waals surface area contributed by atoms with Crippen LogP contribution in [0.4, 0.5) is 13.2 Å². The van der Waals surface area contributed by atoms with Gasteiger partial charge in [0.25, 0.3) is 5.91 Å². The van der Waals surface area contributed by atoms with Crippen molar-refractivity contribution in [1.82, 2.24) is 28.4 Å². The predicted octanol–water partition coefficient (Wildman–Crippen LogP) is 8.34. The molecule has 8 rings (SSSR count). The number of fused-ring (bicyclic) bond motifs is 2. The lowest BCUT2D eigenvalue weighted by molar-refractivity contribution is -0.0491. The van der Waals surface area contributed by atoms with Crippen molar-refractivity contribution in [3.8, 4) is 22.9 Å². The van der Waals surface area contributed by atoms with Crippen molar-refractivity contribution in [3.05, 3.63) is 117 Å². The number of carbonyl (C=O) groups is 1. The molecule has 1 saturated heterocycles. The second-order valence-corrected chi connectivity index (χ2v) is 19.1. The molecule has 0 N–H and O–H groups in total. The molecular formula is C44H48F3N6O5P. The van der Waals surface area contributed by atoms with Crippen LogP contribution in [0, 0.1) is 19.7 Å². The summed E-state index contributed by atoms with van der Waals surface area (Å²) in [5.74, 6) is -0.00606. The highest BCUT2D eigenvalue weighted by Gasteiger charge is 2.37. The number of carbonyl (C=O) groups excluding carboxylic acids is 1. The zero-order valence-electron chi connectivity index (χ0n) is 34.0. The minimum Gasteiger partial charge on any atom is -0.434 e. The van der Waals surface area contributed by atoms with Crippen molar-refractivity contribution in [2.24, 2.45) is 7.05 Å². The van der Waals surface area contributed by atoms with Crippen LogP contribution in [0.15, 0.2) is 71.8 Å². The van der Waals surface area contributed by atoms with E-state index in [9.17, 15) is 27.3 Å². The van der Waals surface area contributed by atoms with Crippen LogP contribution in [0.1, 0.15) is 84.0 Å². The Morgan fingerprint density at radius 2 is 1.66 bits per heavy atom.